The molecule has 0 bridgehead atoms. The van der Waals surface area contributed by atoms with E-state index in [1.165, 1.54) is 17.0 Å². The van der Waals surface area contributed by atoms with Gasteiger partial charge in [-0.1, -0.05) is 5.16 Å². The number of nitrogens with zero attached hydrogens (tertiary/aromatic N) is 2. The van der Waals surface area contributed by atoms with Gasteiger partial charge in [0.2, 0.25) is 5.91 Å². The standard InChI is InChI=1S/C15H15F3N2O2/c1-3-20(14(21)9-12-8-10(2)22-19-12)13-6-4-11(5-7-13)15(16,17)18/h4-8H,3,9H2,1-2H3. The van der Waals surface area contributed by atoms with Crippen LogP contribution in [0.25, 0.3) is 0 Å². The number of likely N-dealkylation sites (N-methyl/N-ethyl adjacent to an activating group) is 1. The van der Waals surface area contributed by atoms with Crippen LogP contribution in [0, 0.1) is 6.92 Å². The van der Waals surface area contributed by atoms with Gasteiger partial charge in [-0.15, -0.1) is 0 Å². The summed E-state index contributed by atoms with van der Waals surface area (Å²) in [6, 6.07) is 6.16. The molecular weight excluding hydrogens is 297 g/mol. The Balaban J connectivity index is 2.15. The average Bonchev–Trinajstić information content (AvgIpc) is 2.84. The maximum Gasteiger partial charge on any atom is 0.416 e. The minimum Gasteiger partial charge on any atom is -0.361 e. The smallest absolute Gasteiger partial charge is 0.361 e. The summed E-state index contributed by atoms with van der Waals surface area (Å²) >= 11 is 0. The highest BCUT2D eigenvalue weighted by atomic mass is 19.4. The number of rotatable bonds is 4. The summed E-state index contributed by atoms with van der Waals surface area (Å²) in [4.78, 5) is 13.7. The summed E-state index contributed by atoms with van der Waals surface area (Å²) in [5.41, 5.74) is 0.167. The number of hydrogen-bond donors (Lipinski definition) is 0. The first kappa shape index (κ1) is 16.1. The van der Waals surface area contributed by atoms with Gasteiger partial charge in [-0.2, -0.15) is 13.2 Å². The van der Waals surface area contributed by atoms with E-state index in [0.717, 1.165) is 12.1 Å². The number of aryl methyl sites for hydroxylation is 1. The third kappa shape index (κ3) is 3.66. The van der Waals surface area contributed by atoms with Crippen LogP contribution in [-0.2, 0) is 17.4 Å². The van der Waals surface area contributed by atoms with E-state index in [1.54, 1.807) is 19.9 Å². The normalized spacial score (nSPS) is 11.5. The van der Waals surface area contributed by atoms with Crippen molar-refractivity contribution in [3.63, 3.8) is 0 Å². The monoisotopic (exact) mass is 312 g/mol. The van der Waals surface area contributed by atoms with E-state index in [-0.39, 0.29) is 12.3 Å². The van der Waals surface area contributed by atoms with Crippen LogP contribution in [0.5, 0.6) is 0 Å². The number of carbonyl (C=O) groups is 1. The van der Waals surface area contributed by atoms with Crippen molar-refractivity contribution in [1.82, 2.24) is 5.16 Å². The quantitative estimate of drug-likeness (QED) is 0.866. The fourth-order valence-corrected chi connectivity index (χ4v) is 2.08. The lowest BCUT2D eigenvalue weighted by Crippen LogP contribution is -2.32. The highest BCUT2D eigenvalue weighted by molar-refractivity contribution is 5.94. The number of halogens is 3. The second-order valence-corrected chi connectivity index (χ2v) is 4.79. The minimum absolute atomic E-state index is 0.0339. The number of amides is 1. The molecule has 0 radical (unpaired) electrons. The molecule has 1 amide bonds. The molecule has 2 aromatic rings. The van der Waals surface area contributed by atoms with Crippen molar-refractivity contribution in [3.05, 3.63) is 47.3 Å². The van der Waals surface area contributed by atoms with E-state index >= 15 is 0 Å². The third-order valence-corrected chi connectivity index (χ3v) is 3.13. The summed E-state index contributed by atoms with van der Waals surface area (Å²) < 4.78 is 42.5. The topological polar surface area (TPSA) is 46.3 Å². The van der Waals surface area contributed by atoms with E-state index in [2.05, 4.69) is 5.16 Å². The summed E-state index contributed by atoms with van der Waals surface area (Å²) in [5, 5.41) is 3.74. The van der Waals surface area contributed by atoms with Gasteiger partial charge >= 0.3 is 6.18 Å². The minimum atomic E-state index is -4.39. The average molecular weight is 312 g/mol. The van der Waals surface area contributed by atoms with Crippen molar-refractivity contribution in [2.75, 3.05) is 11.4 Å². The molecule has 1 aromatic heterocycles. The Labute approximate surface area is 125 Å². The van der Waals surface area contributed by atoms with Crippen LogP contribution < -0.4 is 4.90 Å². The second kappa shape index (κ2) is 6.21. The lowest BCUT2D eigenvalue weighted by Gasteiger charge is -2.21. The Morgan fingerprint density at radius 2 is 1.91 bits per heavy atom. The van der Waals surface area contributed by atoms with Gasteiger partial charge in [0.1, 0.15) is 5.76 Å². The van der Waals surface area contributed by atoms with Crippen molar-refractivity contribution >= 4 is 11.6 Å². The van der Waals surface area contributed by atoms with Gasteiger partial charge in [-0.05, 0) is 38.1 Å². The largest absolute Gasteiger partial charge is 0.416 e. The van der Waals surface area contributed by atoms with Crippen LogP contribution in [-0.4, -0.2) is 17.6 Å². The first-order valence-electron chi connectivity index (χ1n) is 6.71. The molecule has 1 aromatic carbocycles. The van der Waals surface area contributed by atoms with Gasteiger partial charge < -0.3 is 9.42 Å². The molecule has 0 spiro atoms. The Bertz CT molecular complexity index is 648. The summed E-state index contributed by atoms with van der Waals surface area (Å²) in [5.74, 6) is 0.343. The molecule has 0 fully saturated rings. The Hall–Kier alpha value is -2.31. The van der Waals surface area contributed by atoms with E-state index < -0.39 is 11.7 Å². The van der Waals surface area contributed by atoms with Gasteiger partial charge in [0.25, 0.3) is 0 Å². The fraction of sp³-hybridized carbons (Fsp3) is 0.333. The van der Waals surface area contributed by atoms with E-state index in [4.69, 9.17) is 4.52 Å². The molecule has 0 aliphatic rings. The third-order valence-electron chi connectivity index (χ3n) is 3.13. The van der Waals surface area contributed by atoms with Crippen molar-refractivity contribution in [2.45, 2.75) is 26.4 Å². The number of aromatic nitrogens is 1. The molecule has 118 valence electrons. The van der Waals surface area contributed by atoms with Crippen LogP contribution in [0.4, 0.5) is 18.9 Å². The van der Waals surface area contributed by atoms with E-state index in [9.17, 15) is 18.0 Å². The van der Waals surface area contributed by atoms with Crippen LogP contribution >= 0.6 is 0 Å². The van der Waals surface area contributed by atoms with Crippen LogP contribution in [0.1, 0.15) is 23.9 Å². The number of anilines is 1. The predicted octanol–water partition coefficient (Wildman–Crippen LogP) is 3.60. The van der Waals surface area contributed by atoms with Gasteiger partial charge in [0, 0.05) is 18.3 Å². The first-order valence-corrected chi connectivity index (χ1v) is 6.71. The zero-order valence-corrected chi connectivity index (χ0v) is 12.1. The van der Waals surface area contributed by atoms with Crippen LogP contribution in [0.3, 0.4) is 0 Å². The van der Waals surface area contributed by atoms with Gasteiger partial charge in [-0.3, -0.25) is 4.79 Å². The first-order chi connectivity index (χ1) is 10.3. The maximum atomic E-state index is 12.6. The maximum absolute atomic E-state index is 12.6. The molecule has 7 heteroatoms. The molecule has 0 atom stereocenters. The van der Waals surface area contributed by atoms with Crippen molar-refractivity contribution in [1.29, 1.82) is 0 Å². The number of alkyl halides is 3. The van der Waals surface area contributed by atoms with Gasteiger partial charge in [0.05, 0.1) is 17.7 Å². The molecular formula is C15H15F3N2O2. The fourth-order valence-electron chi connectivity index (χ4n) is 2.08. The zero-order valence-electron chi connectivity index (χ0n) is 12.1. The van der Waals surface area contributed by atoms with Gasteiger partial charge in [-0.25, -0.2) is 0 Å². The summed E-state index contributed by atoms with van der Waals surface area (Å²) in [6.07, 6.45) is -4.36. The molecule has 0 saturated heterocycles. The second-order valence-electron chi connectivity index (χ2n) is 4.79. The molecule has 0 N–H and O–H groups in total. The van der Waals surface area contributed by atoms with Crippen LogP contribution in [0.15, 0.2) is 34.9 Å². The zero-order chi connectivity index (χ0) is 16.3. The number of carbonyl (C=O) groups excluding carboxylic acids is 1. The predicted molar refractivity (Wildman–Crippen MR) is 74.4 cm³/mol. The Morgan fingerprint density at radius 1 is 1.27 bits per heavy atom. The van der Waals surface area contributed by atoms with E-state index in [0.29, 0.717) is 23.7 Å². The lowest BCUT2D eigenvalue weighted by atomic mass is 10.1. The molecule has 0 saturated carbocycles. The lowest BCUT2D eigenvalue weighted by molar-refractivity contribution is -0.137. The van der Waals surface area contributed by atoms with Crippen molar-refractivity contribution in [2.24, 2.45) is 0 Å². The molecule has 0 aliphatic heterocycles. The van der Waals surface area contributed by atoms with Crippen molar-refractivity contribution < 1.29 is 22.5 Å². The highest BCUT2D eigenvalue weighted by Crippen LogP contribution is 2.30. The van der Waals surface area contributed by atoms with Gasteiger partial charge in [0.15, 0.2) is 0 Å². The molecule has 0 aliphatic carbocycles. The summed E-state index contributed by atoms with van der Waals surface area (Å²) in [7, 11) is 0. The number of hydrogen-bond acceptors (Lipinski definition) is 3. The highest BCUT2D eigenvalue weighted by Gasteiger charge is 2.30. The van der Waals surface area contributed by atoms with Crippen molar-refractivity contribution in [3.8, 4) is 0 Å². The molecule has 1 heterocycles. The Morgan fingerprint density at radius 3 is 2.36 bits per heavy atom. The molecule has 0 unspecified atom stereocenters. The molecule has 22 heavy (non-hydrogen) atoms. The molecule has 4 nitrogen and oxygen atoms in total. The SMILES string of the molecule is CCN(C(=O)Cc1cc(C)on1)c1ccc(C(F)(F)F)cc1. The summed E-state index contributed by atoms with van der Waals surface area (Å²) in [6.45, 7) is 3.82. The van der Waals surface area contributed by atoms with E-state index in [1.807, 2.05) is 0 Å². The van der Waals surface area contributed by atoms with Crippen LogP contribution in [0.2, 0.25) is 0 Å². The molecule has 2 rings (SSSR count). The Kier molecular flexibility index (Phi) is 4.54. The number of benzene rings is 1.